The highest BCUT2D eigenvalue weighted by Crippen LogP contribution is 2.36. The zero-order chi connectivity index (χ0) is 13.9. The lowest BCUT2D eigenvalue weighted by Gasteiger charge is -2.12. The van der Waals surface area contributed by atoms with Gasteiger partial charge in [0.05, 0.1) is 11.3 Å². The van der Waals surface area contributed by atoms with Crippen LogP contribution in [0.15, 0.2) is 60.7 Å². The summed E-state index contributed by atoms with van der Waals surface area (Å²) in [6.45, 7) is 0. The summed E-state index contributed by atoms with van der Waals surface area (Å²) >= 11 is 0. The molecule has 0 radical (unpaired) electrons. The quantitative estimate of drug-likeness (QED) is 0.779. The predicted molar refractivity (Wildman–Crippen MR) is 83.8 cm³/mol. The number of aromatic amines is 1. The zero-order valence-corrected chi connectivity index (χ0v) is 11.7. The van der Waals surface area contributed by atoms with E-state index in [2.05, 4.69) is 46.6 Å². The summed E-state index contributed by atoms with van der Waals surface area (Å²) in [4.78, 5) is 2.03. The van der Waals surface area contributed by atoms with Crippen LogP contribution in [0.1, 0.15) is 0 Å². The van der Waals surface area contributed by atoms with Crippen LogP contribution in [-0.2, 0) is 0 Å². The van der Waals surface area contributed by atoms with E-state index in [0.717, 1.165) is 22.6 Å². The van der Waals surface area contributed by atoms with E-state index in [9.17, 15) is 0 Å². The maximum Gasteiger partial charge on any atom is 0.158 e. The van der Waals surface area contributed by atoms with Gasteiger partial charge in [-0.3, -0.25) is 5.10 Å². The monoisotopic (exact) mass is 263 g/mol. The molecule has 0 unspecified atom stereocenters. The number of aromatic nitrogens is 2. The fourth-order valence-corrected chi connectivity index (χ4v) is 2.35. The Kier molecular flexibility index (Phi) is 3.25. The van der Waals surface area contributed by atoms with Crippen molar-refractivity contribution in [2.45, 2.75) is 0 Å². The second-order valence-electron chi connectivity index (χ2n) is 4.92. The van der Waals surface area contributed by atoms with Crippen molar-refractivity contribution < 1.29 is 0 Å². The molecule has 0 amide bonds. The van der Waals surface area contributed by atoms with E-state index >= 15 is 0 Å². The molecule has 3 nitrogen and oxygen atoms in total. The number of benzene rings is 2. The van der Waals surface area contributed by atoms with E-state index in [0.29, 0.717) is 0 Å². The van der Waals surface area contributed by atoms with Crippen LogP contribution in [-0.4, -0.2) is 24.3 Å². The summed E-state index contributed by atoms with van der Waals surface area (Å²) in [6.07, 6.45) is 0. The maximum absolute atomic E-state index is 4.47. The third-order valence-corrected chi connectivity index (χ3v) is 3.30. The molecule has 0 spiro atoms. The van der Waals surface area contributed by atoms with Crippen molar-refractivity contribution in [2.24, 2.45) is 0 Å². The van der Waals surface area contributed by atoms with Gasteiger partial charge in [-0.1, -0.05) is 60.7 Å². The standard InChI is InChI=1S/C17H17N3/c1-20(2)17-15(13-9-5-3-6-10-13)16(18-19-17)14-11-7-4-8-12-14/h3-12H,1-2H3,(H,18,19). The van der Waals surface area contributed by atoms with Gasteiger partial charge >= 0.3 is 0 Å². The van der Waals surface area contributed by atoms with Gasteiger partial charge in [-0.25, -0.2) is 0 Å². The average molecular weight is 263 g/mol. The molecule has 2 aromatic carbocycles. The Morgan fingerprint density at radius 3 is 1.90 bits per heavy atom. The van der Waals surface area contributed by atoms with Crippen LogP contribution in [0.5, 0.6) is 0 Å². The van der Waals surface area contributed by atoms with E-state index in [1.165, 1.54) is 5.56 Å². The molecule has 3 aromatic rings. The summed E-state index contributed by atoms with van der Waals surface area (Å²) in [5.41, 5.74) is 4.51. The van der Waals surface area contributed by atoms with Gasteiger partial charge in [0, 0.05) is 19.7 Å². The molecule has 0 atom stereocenters. The highest BCUT2D eigenvalue weighted by molar-refractivity contribution is 5.88. The number of hydrogen-bond donors (Lipinski definition) is 1. The predicted octanol–water partition coefficient (Wildman–Crippen LogP) is 3.81. The molecule has 1 N–H and O–H groups in total. The molecule has 0 fully saturated rings. The van der Waals surface area contributed by atoms with Crippen molar-refractivity contribution in [3.63, 3.8) is 0 Å². The SMILES string of the molecule is CN(C)c1n[nH]c(-c2ccccc2)c1-c1ccccc1. The number of hydrogen-bond acceptors (Lipinski definition) is 2. The summed E-state index contributed by atoms with van der Waals surface area (Å²) in [5, 5.41) is 7.65. The molecule has 0 saturated carbocycles. The fraction of sp³-hybridized carbons (Fsp3) is 0.118. The van der Waals surface area contributed by atoms with Gasteiger partial charge in [0.25, 0.3) is 0 Å². The van der Waals surface area contributed by atoms with E-state index in [1.54, 1.807) is 0 Å². The van der Waals surface area contributed by atoms with Crippen LogP contribution in [0.25, 0.3) is 22.4 Å². The van der Waals surface area contributed by atoms with Crippen LogP contribution < -0.4 is 4.90 Å². The van der Waals surface area contributed by atoms with Crippen molar-refractivity contribution >= 4 is 5.82 Å². The summed E-state index contributed by atoms with van der Waals surface area (Å²) < 4.78 is 0. The molecule has 0 aliphatic heterocycles. The van der Waals surface area contributed by atoms with Crippen molar-refractivity contribution in [3.8, 4) is 22.4 Å². The van der Waals surface area contributed by atoms with Crippen LogP contribution >= 0.6 is 0 Å². The van der Waals surface area contributed by atoms with Crippen molar-refractivity contribution in [1.29, 1.82) is 0 Å². The summed E-state index contributed by atoms with van der Waals surface area (Å²) in [5.74, 6) is 0.954. The Balaban J connectivity index is 2.22. The second-order valence-corrected chi connectivity index (χ2v) is 4.92. The van der Waals surface area contributed by atoms with Crippen molar-refractivity contribution in [1.82, 2.24) is 10.2 Å². The molecular formula is C17H17N3. The van der Waals surface area contributed by atoms with Crippen molar-refractivity contribution in [3.05, 3.63) is 60.7 Å². The van der Waals surface area contributed by atoms with Gasteiger partial charge in [-0.2, -0.15) is 5.10 Å². The number of nitrogens with zero attached hydrogens (tertiary/aromatic N) is 2. The number of anilines is 1. The third-order valence-electron chi connectivity index (χ3n) is 3.30. The molecule has 1 heterocycles. The second kappa shape index (κ2) is 5.21. The Morgan fingerprint density at radius 1 is 0.800 bits per heavy atom. The molecule has 20 heavy (non-hydrogen) atoms. The maximum atomic E-state index is 4.47. The van der Waals surface area contributed by atoms with Gasteiger partial charge in [0.1, 0.15) is 0 Å². The molecule has 100 valence electrons. The smallest absolute Gasteiger partial charge is 0.158 e. The van der Waals surface area contributed by atoms with Gasteiger partial charge < -0.3 is 4.90 Å². The number of rotatable bonds is 3. The number of nitrogens with one attached hydrogen (secondary N) is 1. The molecule has 0 aliphatic carbocycles. The van der Waals surface area contributed by atoms with Gasteiger partial charge in [-0.05, 0) is 5.56 Å². The Morgan fingerprint density at radius 2 is 1.35 bits per heavy atom. The number of H-pyrrole nitrogens is 1. The first-order chi connectivity index (χ1) is 9.77. The van der Waals surface area contributed by atoms with E-state index in [1.807, 2.05) is 43.3 Å². The topological polar surface area (TPSA) is 31.9 Å². The minimum atomic E-state index is 0.954. The highest BCUT2D eigenvalue weighted by Gasteiger charge is 2.17. The minimum absolute atomic E-state index is 0.954. The lowest BCUT2D eigenvalue weighted by molar-refractivity contribution is 1.01. The molecule has 1 aromatic heterocycles. The molecule has 3 rings (SSSR count). The summed E-state index contributed by atoms with van der Waals surface area (Å²) in [7, 11) is 4.02. The highest BCUT2D eigenvalue weighted by atomic mass is 15.2. The lowest BCUT2D eigenvalue weighted by Crippen LogP contribution is -2.10. The van der Waals surface area contributed by atoms with Crippen LogP contribution in [0.4, 0.5) is 5.82 Å². The molecule has 0 saturated heterocycles. The van der Waals surface area contributed by atoms with E-state index < -0.39 is 0 Å². The summed E-state index contributed by atoms with van der Waals surface area (Å²) in [6, 6.07) is 20.7. The van der Waals surface area contributed by atoms with Crippen LogP contribution in [0.3, 0.4) is 0 Å². The average Bonchev–Trinajstić information content (AvgIpc) is 2.94. The minimum Gasteiger partial charge on any atom is -0.361 e. The molecule has 0 aliphatic rings. The lowest BCUT2D eigenvalue weighted by atomic mass is 10.0. The third kappa shape index (κ3) is 2.18. The van der Waals surface area contributed by atoms with Gasteiger partial charge in [0.15, 0.2) is 5.82 Å². The Hall–Kier alpha value is -2.55. The van der Waals surface area contributed by atoms with Crippen LogP contribution in [0, 0.1) is 0 Å². The molecule has 0 bridgehead atoms. The largest absolute Gasteiger partial charge is 0.361 e. The van der Waals surface area contributed by atoms with Crippen molar-refractivity contribution in [2.75, 3.05) is 19.0 Å². The van der Waals surface area contributed by atoms with E-state index in [4.69, 9.17) is 0 Å². The normalized spacial score (nSPS) is 10.5. The first-order valence-corrected chi connectivity index (χ1v) is 6.64. The Labute approximate surface area is 118 Å². The van der Waals surface area contributed by atoms with Gasteiger partial charge in [0.2, 0.25) is 0 Å². The van der Waals surface area contributed by atoms with E-state index in [-0.39, 0.29) is 0 Å². The first kappa shape index (κ1) is 12.5. The Bertz CT molecular complexity index is 685. The van der Waals surface area contributed by atoms with Crippen LogP contribution in [0.2, 0.25) is 0 Å². The fourth-order valence-electron chi connectivity index (χ4n) is 2.35. The molecule has 3 heteroatoms. The van der Waals surface area contributed by atoms with Gasteiger partial charge in [-0.15, -0.1) is 0 Å². The zero-order valence-electron chi connectivity index (χ0n) is 11.7. The molecular weight excluding hydrogens is 246 g/mol. The first-order valence-electron chi connectivity index (χ1n) is 6.64.